The average Bonchev–Trinajstić information content (AvgIpc) is 2.82. The average molecular weight is 474 g/mol. The van der Waals surface area contributed by atoms with Crippen LogP contribution in [0.3, 0.4) is 0 Å². The minimum atomic E-state index is -1.11. The Bertz CT molecular complexity index is 1180. The Balaban J connectivity index is 1.78. The number of nitrogens with zero attached hydrogens (tertiary/aromatic N) is 5. The van der Waals surface area contributed by atoms with Crippen molar-refractivity contribution in [3.05, 3.63) is 54.1 Å². The summed E-state index contributed by atoms with van der Waals surface area (Å²) < 4.78 is 10.8. The number of nitro benzene ring substituents is 1. The molecule has 2 aliphatic rings. The van der Waals surface area contributed by atoms with E-state index in [-0.39, 0.29) is 11.5 Å². The molecule has 2 aliphatic heterocycles. The molecule has 34 heavy (non-hydrogen) atoms. The first-order chi connectivity index (χ1) is 16.3. The van der Waals surface area contributed by atoms with Crippen molar-refractivity contribution in [2.24, 2.45) is 0 Å². The predicted molar refractivity (Wildman–Crippen MR) is 121 cm³/mol. The minimum absolute atomic E-state index is 0.0911. The molecule has 2 aromatic rings. The van der Waals surface area contributed by atoms with Crippen molar-refractivity contribution in [2.45, 2.75) is 0 Å². The molecule has 14 nitrogen and oxygen atoms in total. The molecule has 2 saturated heterocycles. The molecule has 2 N–H and O–H groups in total. The Hall–Kier alpha value is -4.04. The number of aromatic hydroxyl groups is 1. The van der Waals surface area contributed by atoms with Crippen molar-refractivity contribution >= 4 is 34.9 Å². The lowest BCUT2D eigenvalue weighted by molar-refractivity contribution is -0.387. The highest BCUT2D eigenvalue weighted by molar-refractivity contribution is 5.83. The van der Waals surface area contributed by atoms with Gasteiger partial charge in [0, 0.05) is 43.5 Å². The first kappa shape index (κ1) is 23.1. The maximum Gasteiger partial charge on any atom is 0.395 e. The summed E-state index contributed by atoms with van der Waals surface area (Å²) in [7, 11) is 0. The third kappa shape index (κ3) is 4.82. The number of morpholine rings is 2. The van der Waals surface area contributed by atoms with Crippen molar-refractivity contribution in [1.29, 1.82) is 0 Å². The number of aromatic nitrogens is 2. The first-order valence-corrected chi connectivity index (χ1v) is 10.5. The molecule has 0 saturated carbocycles. The van der Waals surface area contributed by atoms with Gasteiger partial charge in [0.15, 0.2) is 0 Å². The van der Waals surface area contributed by atoms with Crippen molar-refractivity contribution in [1.82, 2.24) is 9.97 Å². The summed E-state index contributed by atoms with van der Waals surface area (Å²) in [4.78, 5) is 43.1. The van der Waals surface area contributed by atoms with Crippen molar-refractivity contribution in [2.75, 3.05) is 62.4 Å². The molecular weight excluding hydrogens is 452 g/mol. The van der Waals surface area contributed by atoms with Crippen molar-refractivity contribution in [3.63, 3.8) is 0 Å². The van der Waals surface area contributed by atoms with Gasteiger partial charge >= 0.3 is 11.2 Å². The zero-order chi connectivity index (χ0) is 24.2. The van der Waals surface area contributed by atoms with Crippen molar-refractivity contribution < 1.29 is 24.4 Å². The van der Waals surface area contributed by atoms with Crippen LogP contribution in [0, 0.1) is 20.2 Å². The van der Waals surface area contributed by atoms with Gasteiger partial charge in [-0.1, -0.05) is 0 Å². The van der Waals surface area contributed by atoms with Crippen molar-refractivity contribution in [3.8, 4) is 5.88 Å². The maximum atomic E-state index is 11.9. The zero-order valence-corrected chi connectivity index (χ0v) is 18.0. The van der Waals surface area contributed by atoms with Gasteiger partial charge in [0.25, 0.3) is 11.6 Å². The second-order valence-electron chi connectivity index (χ2n) is 7.57. The smallest absolute Gasteiger partial charge is 0.395 e. The molecule has 1 aromatic carbocycles. The molecule has 0 spiro atoms. The monoisotopic (exact) mass is 474 g/mol. The van der Waals surface area contributed by atoms with E-state index in [9.17, 15) is 30.1 Å². The molecule has 3 heterocycles. The fourth-order valence-electron chi connectivity index (χ4n) is 3.88. The van der Waals surface area contributed by atoms with E-state index in [1.165, 1.54) is 18.2 Å². The summed E-state index contributed by atoms with van der Waals surface area (Å²) in [6.07, 6.45) is 2.83. The largest absolute Gasteiger partial charge is 0.488 e. The third-order valence-corrected chi connectivity index (χ3v) is 5.52. The van der Waals surface area contributed by atoms with Gasteiger partial charge in [-0.05, 0) is 18.2 Å². The van der Waals surface area contributed by atoms with Crippen LogP contribution in [0.4, 0.5) is 22.7 Å². The summed E-state index contributed by atoms with van der Waals surface area (Å²) in [5.41, 5.74) is -0.583. The van der Waals surface area contributed by atoms with E-state index in [4.69, 9.17) is 9.47 Å². The van der Waals surface area contributed by atoms with Crippen LogP contribution in [0.1, 0.15) is 11.4 Å². The Morgan fingerprint density at radius 1 is 0.941 bits per heavy atom. The lowest BCUT2D eigenvalue weighted by atomic mass is 10.1. The SMILES string of the molecule is O=c1[nH]c(/C=C/c2cc([N+](=O)[O-])c(N3CCOCC3)cc2N2CCOCC2)nc(O)c1[N+](=O)[O-]. The number of anilines is 2. The molecule has 0 unspecified atom stereocenters. The molecule has 180 valence electrons. The number of aromatic amines is 1. The van der Waals surface area contributed by atoms with E-state index in [0.29, 0.717) is 63.9 Å². The third-order valence-electron chi connectivity index (χ3n) is 5.52. The summed E-state index contributed by atoms with van der Waals surface area (Å²) in [6.45, 7) is 4.12. The van der Waals surface area contributed by atoms with Crippen LogP contribution in [-0.2, 0) is 9.47 Å². The number of hydrogen-bond donors (Lipinski definition) is 2. The van der Waals surface area contributed by atoms with Crippen LogP contribution in [0.25, 0.3) is 12.2 Å². The van der Waals surface area contributed by atoms with Gasteiger partial charge < -0.3 is 29.4 Å². The van der Waals surface area contributed by atoms with Gasteiger partial charge in [-0.2, -0.15) is 4.98 Å². The molecule has 14 heteroatoms. The maximum absolute atomic E-state index is 11.9. The van der Waals surface area contributed by atoms with Gasteiger partial charge in [-0.15, -0.1) is 0 Å². The van der Waals surface area contributed by atoms with Crippen LogP contribution in [0.5, 0.6) is 5.88 Å². The first-order valence-electron chi connectivity index (χ1n) is 10.5. The molecule has 0 amide bonds. The second-order valence-corrected chi connectivity index (χ2v) is 7.57. The number of H-pyrrole nitrogens is 1. The Morgan fingerprint density at radius 3 is 2.06 bits per heavy atom. The van der Waals surface area contributed by atoms with E-state index in [1.807, 2.05) is 9.80 Å². The van der Waals surface area contributed by atoms with Crippen LogP contribution in [0.15, 0.2) is 16.9 Å². The predicted octanol–water partition coefficient (Wildman–Crippen LogP) is 1.14. The molecule has 0 bridgehead atoms. The summed E-state index contributed by atoms with van der Waals surface area (Å²) in [5.74, 6) is -1.16. The molecule has 2 fully saturated rings. The summed E-state index contributed by atoms with van der Waals surface area (Å²) in [5, 5.41) is 32.6. The Morgan fingerprint density at radius 2 is 1.53 bits per heavy atom. The molecular formula is C20H22N6O8. The standard InChI is InChI=1S/C20H22N6O8/c27-19-18(26(31)32)20(28)22-17(21-19)2-1-13-11-16(25(29)30)15(24-5-9-34-10-6-24)12-14(13)23-3-7-33-8-4-23/h1-2,11-12H,3-10H2,(H2,21,22,27,28)/b2-1+. The van der Waals surface area contributed by atoms with Gasteiger partial charge in [-0.25, -0.2) is 0 Å². The van der Waals surface area contributed by atoms with Gasteiger partial charge in [0.1, 0.15) is 11.5 Å². The molecule has 0 aliphatic carbocycles. The molecule has 0 radical (unpaired) electrons. The summed E-state index contributed by atoms with van der Waals surface area (Å²) >= 11 is 0. The van der Waals surface area contributed by atoms with E-state index in [1.54, 1.807) is 6.07 Å². The van der Waals surface area contributed by atoms with Crippen LogP contribution < -0.4 is 15.4 Å². The molecule has 0 atom stereocenters. The normalized spacial score (nSPS) is 16.7. The zero-order valence-electron chi connectivity index (χ0n) is 18.0. The van der Waals surface area contributed by atoms with E-state index >= 15 is 0 Å². The highest BCUT2D eigenvalue weighted by Gasteiger charge is 2.26. The number of rotatable bonds is 6. The highest BCUT2D eigenvalue weighted by Crippen LogP contribution is 2.37. The Kier molecular flexibility index (Phi) is 6.70. The number of nitrogens with one attached hydrogen (secondary N) is 1. The number of hydrogen-bond acceptors (Lipinski definition) is 11. The second kappa shape index (κ2) is 9.84. The number of nitro groups is 2. The van der Waals surface area contributed by atoms with Gasteiger partial charge in [0.2, 0.25) is 0 Å². The van der Waals surface area contributed by atoms with Crippen LogP contribution in [-0.4, -0.2) is 77.5 Å². The fraction of sp³-hybridized carbons (Fsp3) is 0.400. The number of ether oxygens (including phenoxy) is 2. The minimum Gasteiger partial charge on any atom is -0.488 e. The molecule has 4 rings (SSSR count). The fourth-order valence-corrected chi connectivity index (χ4v) is 3.88. The van der Waals surface area contributed by atoms with E-state index < -0.39 is 27.0 Å². The van der Waals surface area contributed by atoms with Crippen LogP contribution in [0.2, 0.25) is 0 Å². The van der Waals surface area contributed by atoms with E-state index in [2.05, 4.69) is 9.97 Å². The van der Waals surface area contributed by atoms with Crippen LogP contribution >= 0.6 is 0 Å². The molecule has 1 aromatic heterocycles. The highest BCUT2D eigenvalue weighted by atomic mass is 16.6. The van der Waals surface area contributed by atoms with Gasteiger partial charge in [0.05, 0.1) is 36.3 Å². The summed E-state index contributed by atoms with van der Waals surface area (Å²) in [6, 6.07) is 3.20. The Labute approximate surface area is 192 Å². The topological polar surface area (TPSA) is 177 Å². The quantitative estimate of drug-likeness (QED) is 0.453. The lowest BCUT2D eigenvalue weighted by Gasteiger charge is -2.33. The lowest BCUT2D eigenvalue weighted by Crippen LogP contribution is -2.38. The van der Waals surface area contributed by atoms with Gasteiger partial charge in [-0.3, -0.25) is 25.0 Å². The number of benzene rings is 1. The van der Waals surface area contributed by atoms with E-state index in [0.717, 1.165) is 5.69 Å².